The molecule has 0 bridgehead atoms. The molecule has 2 N–H and O–H groups in total. The minimum Gasteiger partial charge on any atom is -0.481 e. The number of hydrogen-bond acceptors (Lipinski definition) is 4. The van der Waals surface area contributed by atoms with Gasteiger partial charge in [-0.2, -0.15) is 10.3 Å². The van der Waals surface area contributed by atoms with Gasteiger partial charge in [0.25, 0.3) is 0 Å². The Bertz CT molecular complexity index is 450. The minimum absolute atomic E-state index is 0.0944. The zero-order valence-electron chi connectivity index (χ0n) is 6.56. The Labute approximate surface area is 72.6 Å². The van der Waals surface area contributed by atoms with Crippen LogP contribution in [0, 0.1) is 0 Å². The summed E-state index contributed by atoms with van der Waals surface area (Å²) in [5, 5.41) is 18.5. The molecule has 6 heteroatoms. The monoisotopic (exact) mass is 178 g/mol. The number of aromatic nitrogens is 4. The fourth-order valence-electron chi connectivity index (χ4n) is 1.03. The summed E-state index contributed by atoms with van der Waals surface area (Å²) in [6.45, 7) is 0. The number of aromatic amines is 1. The molecule has 2 aromatic heterocycles. The Morgan fingerprint density at radius 2 is 2.31 bits per heavy atom. The summed E-state index contributed by atoms with van der Waals surface area (Å²) in [4.78, 5) is 14.3. The number of pyridine rings is 1. The summed E-state index contributed by atoms with van der Waals surface area (Å²) in [6.07, 6.45) is -0.0944. The van der Waals surface area contributed by atoms with Gasteiger partial charge in [-0.25, -0.2) is 4.98 Å². The molecule has 0 aliphatic heterocycles. The number of H-pyrrole nitrogens is 1. The average Bonchev–Trinajstić information content (AvgIpc) is 2.49. The number of fused-ring (bicyclic) bond motifs is 1. The molecule has 0 spiro atoms. The van der Waals surface area contributed by atoms with Gasteiger partial charge < -0.3 is 5.11 Å². The van der Waals surface area contributed by atoms with Gasteiger partial charge in [0.2, 0.25) is 5.65 Å². The normalized spacial score (nSPS) is 10.5. The molecule has 66 valence electrons. The van der Waals surface area contributed by atoms with Gasteiger partial charge >= 0.3 is 5.97 Å². The Morgan fingerprint density at radius 3 is 3.08 bits per heavy atom. The van der Waals surface area contributed by atoms with E-state index in [1.54, 1.807) is 12.1 Å². The second-order valence-corrected chi connectivity index (χ2v) is 2.54. The van der Waals surface area contributed by atoms with Crippen LogP contribution in [0.4, 0.5) is 0 Å². The highest BCUT2D eigenvalue weighted by molar-refractivity contribution is 5.72. The van der Waals surface area contributed by atoms with Gasteiger partial charge in [-0.3, -0.25) is 4.79 Å². The smallest absolute Gasteiger partial charge is 0.309 e. The lowest BCUT2D eigenvalue weighted by molar-refractivity contribution is -0.136. The Balaban J connectivity index is 2.42. The predicted molar refractivity (Wildman–Crippen MR) is 43.0 cm³/mol. The van der Waals surface area contributed by atoms with E-state index in [0.29, 0.717) is 16.9 Å². The van der Waals surface area contributed by atoms with E-state index < -0.39 is 5.97 Å². The summed E-state index contributed by atoms with van der Waals surface area (Å²) < 4.78 is 0. The third kappa shape index (κ3) is 1.46. The first-order valence-electron chi connectivity index (χ1n) is 3.64. The third-order valence-corrected chi connectivity index (χ3v) is 1.57. The number of aliphatic carboxylic acids is 1. The molecule has 0 aromatic carbocycles. The summed E-state index contributed by atoms with van der Waals surface area (Å²) >= 11 is 0. The van der Waals surface area contributed by atoms with Crippen molar-refractivity contribution in [3.8, 4) is 0 Å². The highest BCUT2D eigenvalue weighted by Gasteiger charge is 2.04. The Kier molecular flexibility index (Phi) is 1.66. The van der Waals surface area contributed by atoms with Gasteiger partial charge in [-0.1, -0.05) is 0 Å². The van der Waals surface area contributed by atoms with Gasteiger partial charge in [-0.15, -0.1) is 5.10 Å². The van der Waals surface area contributed by atoms with E-state index in [1.165, 1.54) is 0 Å². The van der Waals surface area contributed by atoms with Crippen molar-refractivity contribution in [1.82, 2.24) is 20.4 Å². The average molecular weight is 178 g/mol. The minimum atomic E-state index is -0.907. The van der Waals surface area contributed by atoms with E-state index in [-0.39, 0.29) is 6.42 Å². The van der Waals surface area contributed by atoms with Crippen LogP contribution in [0.15, 0.2) is 12.1 Å². The molecule has 0 amide bonds. The number of carboxylic acid groups (broad SMARTS) is 1. The summed E-state index contributed by atoms with van der Waals surface area (Å²) in [5.74, 6) is -0.907. The molecule has 2 rings (SSSR count). The maximum absolute atomic E-state index is 10.4. The number of nitrogens with one attached hydrogen (secondary N) is 1. The van der Waals surface area contributed by atoms with Crippen LogP contribution in [-0.4, -0.2) is 31.5 Å². The van der Waals surface area contributed by atoms with E-state index >= 15 is 0 Å². The second kappa shape index (κ2) is 2.81. The van der Waals surface area contributed by atoms with E-state index in [1.807, 2.05) is 0 Å². The van der Waals surface area contributed by atoms with Crippen LogP contribution in [-0.2, 0) is 11.2 Å². The van der Waals surface area contributed by atoms with E-state index in [4.69, 9.17) is 5.11 Å². The van der Waals surface area contributed by atoms with Gasteiger partial charge in [-0.05, 0) is 12.1 Å². The first-order valence-corrected chi connectivity index (χ1v) is 3.64. The van der Waals surface area contributed by atoms with Crippen LogP contribution in [0.2, 0.25) is 0 Å². The van der Waals surface area contributed by atoms with Crippen molar-refractivity contribution in [3.05, 3.63) is 17.8 Å². The van der Waals surface area contributed by atoms with Crippen molar-refractivity contribution >= 4 is 17.1 Å². The third-order valence-electron chi connectivity index (χ3n) is 1.57. The summed E-state index contributed by atoms with van der Waals surface area (Å²) in [7, 11) is 0. The van der Waals surface area contributed by atoms with Gasteiger partial charge in [0.15, 0.2) is 0 Å². The zero-order valence-corrected chi connectivity index (χ0v) is 6.56. The van der Waals surface area contributed by atoms with Crippen molar-refractivity contribution in [2.75, 3.05) is 0 Å². The highest BCUT2D eigenvalue weighted by Crippen LogP contribution is 2.05. The van der Waals surface area contributed by atoms with E-state index in [2.05, 4.69) is 20.4 Å². The molecule has 0 saturated heterocycles. The lowest BCUT2D eigenvalue weighted by Gasteiger charge is -1.93. The van der Waals surface area contributed by atoms with E-state index in [0.717, 1.165) is 0 Å². The highest BCUT2D eigenvalue weighted by atomic mass is 16.4. The number of rotatable bonds is 2. The molecule has 0 aliphatic rings. The molecular weight excluding hydrogens is 172 g/mol. The number of carboxylic acids is 1. The molecule has 0 aliphatic carbocycles. The molecule has 0 fully saturated rings. The first kappa shape index (κ1) is 7.66. The summed E-state index contributed by atoms with van der Waals surface area (Å²) in [6, 6.07) is 3.31. The predicted octanol–water partition coefficient (Wildman–Crippen LogP) is -0.0200. The lowest BCUT2D eigenvalue weighted by atomic mass is 10.2. The molecule has 2 aromatic rings. The second-order valence-electron chi connectivity index (χ2n) is 2.54. The van der Waals surface area contributed by atoms with Crippen molar-refractivity contribution in [2.45, 2.75) is 6.42 Å². The zero-order chi connectivity index (χ0) is 9.26. The van der Waals surface area contributed by atoms with Gasteiger partial charge in [0.1, 0.15) is 5.52 Å². The van der Waals surface area contributed by atoms with Crippen molar-refractivity contribution < 1.29 is 9.90 Å². The molecule has 0 radical (unpaired) electrons. The van der Waals surface area contributed by atoms with Crippen molar-refractivity contribution in [2.24, 2.45) is 0 Å². The number of carbonyl (C=O) groups is 1. The largest absolute Gasteiger partial charge is 0.481 e. The van der Waals surface area contributed by atoms with Crippen LogP contribution in [0.25, 0.3) is 11.2 Å². The molecule has 0 atom stereocenters. The Morgan fingerprint density at radius 1 is 1.46 bits per heavy atom. The van der Waals surface area contributed by atoms with Gasteiger partial charge in [0, 0.05) is 0 Å². The molecule has 0 unspecified atom stereocenters. The molecule has 2 heterocycles. The lowest BCUT2D eigenvalue weighted by Crippen LogP contribution is -2.01. The Hall–Kier alpha value is -1.98. The summed E-state index contributed by atoms with van der Waals surface area (Å²) in [5.41, 5.74) is 1.56. The SMILES string of the molecule is O=C(O)Cc1ccc2n[nH]nc2n1. The maximum atomic E-state index is 10.4. The molecule has 0 saturated carbocycles. The molecule has 13 heavy (non-hydrogen) atoms. The topological polar surface area (TPSA) is 91.8 Å². The van der Waals surface area contributed by atoms with Crippen LogP contribution in [0.5, 0.6) is 0 Å². The fourth-order valence-corrected chi connectivity index (χ4v) is 1.03. The van der Waals surface area contributed by atoms with Gasteiger partial charge in [0.05, 0.1) is 12.1 Å². The van der Waals surface area contributed by atoms with Crippen LogP contribution >= 0.6 is 0 Å². The number of nitrogens with zero attached hydrogens (tertiary/aromatic N) is 3. The molecular formula is C7H6N4O2. The standard InChI is InChI=1S/C7H6N4O2/c12-6(13)3-4-1-2-5-7(8-4)10-11-9-5/h1-2H,3H2,(H,12,13)(H,8,9,10,11). The maximum Gasteiger partial charge on any atom is 0.309 e. The number of hydrogen-bond donors (Lipinski definition) is 2. The van der Waals surface area contributed by atoms with Crippen molar-refractivity contribution in [1.29, 1.82) is 0 Å². The van der Waals surface area contributed by atoms with Crippen molar-refractivity contribution in [3.63, 3.8) is 0 Å². The van der Waals surface area contributed by atoms with Crippen LogP contribution in [0.1, 0.15) is 5.69 Å². The quantitative estimate of drug-likeness (QED) is 0.674. The first-order chi connectivity index (χ1) is 6.25. The van der Waals surface area contributed by atoms with E-state index in [9.17, 15) is 4.79 Å². The van der Waals surface area contributed by atoms with Crippen LogP contribution in [0.3, 0.4) is 0 Å². The fraction of sp³-hybridized carbons (Fsp3) is 0.143. The molecule has 6 nitrogen and oxygen atoms in total. The van der Waals surface area contributed by atoms with Crippen LogP contribution < -0.4 is 0 Å².